The van der Waals surface area contributed by atoms with Crippen LogP contribution in [0.25, 0.3) is 12.2 Å². The summed E-state index contributed by atoms with van der Waals surface area (Å²) in [5.74, 6) is -21.2. The molecule has 3 N–H and O–H groups in total. The minimum atomic E-state index is -6.52. The van der Waals surface area contributed by atoms with E-state index in [0.29, 0.717) is 12.2 Å². The fourth-order valence-corrected chi connectivity index (χ4v) is 3.01. The Morgan fingerprint density at radius 2 is 0.657 bits per heavy atom. The number of carbonyl (C=O) groups is 1. The van der Waals surface area contributed by atoms with Crippen molar-refractivity contribution in [2.45, 2.75) is 48.9 Å². The van der Waals surface area contributed by atoms with E-state index in [4.69, 9.17) is 25.4 Å². The second-order valence-corrected chi connectivity index (χ2v) is 10.4. The normalized spacial score (nSPS) is 12.4. The molecule has 2 rings (SSSR count). The van der Waals surface area contributed by atoms with Gasteiger partial charge in [0.25, 0.3) is 6.47 Å². The van der Waals surface area contributed by atoms with Crippen molar-refractivity contribution >= 4 is 18.6 Å². The summed E-state index contributed by atoms with van der Waals surface area (Å²) in [7, 11) is 0. The molecule has 38 heteroatoms. The van der Waals surface area contributed by atoms with Crippen LogP contribution in [0.1, 0.15) is 12.6 Å². The van der Waals surface area contributed by atoms with Gasteiger partial charge >= 0.3 is 152 Å². The maximum Gasteiger partial charge on any atom is 1.00 e. The van der Waals surface area contributed by atoms with Crippen LogP contribution in [0.5, 0.6) is 5.75 Å². The molecular weight excluding hydrogens is 1080 g/mol. The van der Waals surface area contributed by atoms with Crippen LogP contribution < -0.4 is 113 Å². The first kappa shape index (κ1) is 71.9. The van der Waals surface area contributed by atoms with Crippen molar-refractivity contribution in [2.75, 3.05) is 26.4 Å². The van der Waals surface area contributed by atoms with Gasteiger partial charge in [0.05, 0.1) is 11.1 Å². The third kappa shape index (κ3) is 21.3. The zero-order chi connectivity index (χ0) is 52.1. The standard InChI is InChI=1S/C14H8F12O4.C8H3F5.C6H6F8O4.CH2O3.2K.H/c1-2-5-6(15)8(17)10(9(18)7(5)16)28-4-12(21,22)30-14(25,26)13(23,24)29-11(19,20)3-27;1-2-3-4(9)6(11)8(13)7(12)5(3)10;7-3(8,1-15)17-5(11,12)6(13,14)18-4(9,10)2-16;2-1-4-3;;;/h2,27H,1,3-4H2;2H,1H2;15-16H,1-2H2;1,3H;;;/q;;;;2*+1;-1/p-1. The summed E-state index contributed by atoms with van der Waals surface area (Å²) in [5, 5.41) is 32.1. The molecule has 0 aliphatic carbocycles. The maximum absolute atomic E-state index is 13.6. The van der Waals surface area contributed by atoms with E-state index in [0.717, 1.165) is 0 Å². The van der Waals surface area contributed by atoms with Crippen molar-refractivity contribution in [1.82, 2.24) is 0 Å². The number of ether oxygens (including phenoxy) is 5. The molecule has 0 aliphatic rings. The number of benzene rings is 2. The van der Waals surface area contributed by atoms with Crippen molar-refractivity contribution in [3.05, 3.63) is 76.6 Å². The molecule has 0 saturated heterocycles. The van der Waals surface area contributed by atoms with E-state index in [1.807, 2.05) is 0 Å². The third-order valence-corrected chi connectivity index (χ3v) is 5.67. The average molecular weight is 1100 g/mol. The Balaban J connectivity index is -0.000000297. The first-order valence-corrected chi connectivity index (χ1v) is 14.7. The Bertz CT molecular complexity index is 1850. The number of aliphatic hydroxyl groups is 3. The van der Waals surface area contributed by atoms with E-state index in [1.165, 1.54) is 0 Å². The van der Waals surface area contributed by atoms with Gasteiger partial charge in [0.2, 0.25) is 17.5 Å². The number of hydrogen-bond acceptors (Lipinski definition) is 11. The second-order valence-electron chi connectivity index (χ2n) is 10.4. The second kappa shape index (κ2) is 28.4. The Morgan fingerprint density at radius 1 is 0.448 bits per heavy atom. The van der Waals surface area contributed by atoms with Gasteiger partial charge in [-0.05, 0) is 0 Å². The van der Waals surface area contributed by atoms with Crippen molar-refractivity contribution in [3.8, 4) is 5.75 Å². The molecule has 0 amide bonds. The summed E-state index contributed by atoms with van der Waals surface area (Å²) < 4.78 is 331. The average Bonchev–Trinajstić information content (AvgIpc) is 3.18. The summed E-state index contributed by atoms with van der Waals surface area (Å²) in [4.78, 5) is 11.2. The predicted octanol–water partition coefficient (Wildman–Crippen LogP) is 1.62. The number of hydrogen-bond donors (Lipinski definition) is 3. The first-order valence-electron chi connectivity index (χ1n) is 14.7. The minimum absolute atomic E-state index is 0. The van der Waals surface area contributed by atoms with E-state index in [2.05, 4.69) is 41.7 Å². The van der Waals surface area contributed by atoms with Crippen LogP contribution in [0.15, 0.2) is 13.2 Å². The van der Waals surface area contributed by atoms with Crippen molar-refractivity contribution in [1.29, 1.82) is 0 Å². The molecule has 0 heterocycles. The Kier molecular flexibility index (Phi) is 30.5. The van der Waals surface area contributed by atoms with E-state index in [1.54, 1.807) is 0 Å². The van der Waals surface area contributed by atoms with Crippen molar-refractivity contribution < 1.29 is 268 Å². The molecule has 0 atom stereocenters. The summed E-state index contributed by atoms with van der Waals surface area (Å²) in [5.41, 5.74) is -2.40. The SMILES string of the molecule is C=Cc1c(F)c(F)c(F)c(F)c1F.C=Cc1c(F)c(F)c(OCC(F)(F)OC(F)(F)C(F)(F)OC(F)(F)CO)c(F)c1F.O=CO[O-].OCC(F)(F)OC(F)(F)C(F)(F)OC(F)(F)CO.[H-].[K+].[K+]. The minimum Gasteiger partial charge on any atom is -1.00 e. The number of aliphatic hydroxyl groups excluding tert-OH is 3. The fraction of sp³-hybridized carbons (Fsp3) is 0.414. The number of alkyl halides is 16. The van der Waals surface area contributed by atoms with Gasteiger partial charge in [0, 0.05) is 0 Å². The van der Waals surface area contributed by atoms with Gasteiger partial charge in [-0.1, -0.05) is 25.3 Å². The summed E-state index contributed by atoms with van der Waals surface area (Å²) in [6.45, 7) is -4.51. The molecule has 0 spiro atoms. The zero-order valence-electron chi connectivity index (χ0n) is 33.0. The molecule has 0 aromatic heterocycles. The molecule has 2 aromatic rings. The first-order chi connectivity index (χ1) is 29.1. The van der Waals surface area contributed by atoms with Gasteiger partial charge in [-0.15, -0.1) is 0 Å². The summed E-state index contributed by atoms with van der Waals surface area (Å²) in [6, 6.07) is 0. The van der Waals surface area contributed by atoms with E-state index < -0.39 is 145 Å². The number of rotatable bonds is 19. The maximum atomic E-state index is 13.6. The quantitative estimate of drug-likeness (QED) is 0.0358. The van der Waals surface area contributed by atoms with Crippen LogP contribution in [-0.2, 0) is 28.6 Å². The topological polar surface area (TPSA) is 156 Å². The van der Waals surface area contributed by atoms with E-state index in [-0.39, 0.29) is 111 Å². The fourth-order valence-electron chi connectivity index (χ4n) is 3.01. The molecule has 2 aromatic carbocycles. The van der Waals surface area contributed by atoms with Gasteiger partial charge in [0.15, 0.2) is 47.3 Å². The van der Waals surface area contributed by atoms with Crippen molar-refractivity contribution in [3.63, 3.8) is 0 Å². The molecule has 0 saturated carbocycles. The van der Waals surface area contributed by atoms with Crippen LogP contribution in [0, 0.1) is 52.4 Å². The van der Waals surface area contributed by atoms with E-state index in [9.17, 15) is 110 Å². The van der Waals surface area contributed by atoms with Gasteiger partial charge in [-0.2, -0.15) is 79.0 Å². The molecule has 0 aliphatic heterocycles. The van der Waals surface area contributed by atoms with E-state index >= 15 is 0 Å². The van der Waals surface area contributed by atoms with Gasteiger partial charge in [0.1, 0.15) is 19.8 Å². The molecule has 11 nitrogen and oxygen atoms in total. The Labute approximate surface area is 440 Å². The molecule has 0 bridgehead atoms. The smallest absolute Gasteiger partial charge is 1.00 e. The third-order valence-electron chi connectivity index (χ3n) is 5.67. The molecule has 0 fully saturated rings. The zero-order valence-corrected chi connectivity index (χ0v) is 38.3. The largest absolute Gasteiger partial charge is 1.00 e. The van der Waals surface area contributed by atoms with Gasteiger partial charge in [-0.25, -0.2) is 49.7 Å². The molecule has 378 valence electrons. The van der Waals surface area contributed by atoms with Crippen LogP contribution in [-0.4, -0.2) is 97.1 Å². The number of halogens is 25. The molecular formula is C29H19F25K2O11. The van der Waals surface area contributed by atoms with Gasteiger partial charge < -0.3 is 31.6 Å². The summed E-state index contributed by atoms with van der Waals surface area (Å²) >= 11 is 0. The predicted molar refractivity (Wildman–Crippen MR) is 152 cm³/mol. The van der Waals surface area contributed by atoms with Crippen LogP contribution >= 0.6 is 0 Å². The molecule has 67 heavy (non-hydrogen) atoms. The molecule has 0 radical (unpaired) electrons. The molecule has 0 unspecified atom stereocenters. The Hall–Kier alpha value is -1.61. The van der Waals surface area contributed by atoms with Gasteiger partial charge in [-0.3, -0.25) is 4.79 Å². The summed E-state index contributed by atoms with van der Waals surface area (Å²) in [6.07, 6.45) is -45.6. The van der Waals surface area contributed by atoms with Crippen LogP contribution in [0.4, 0.5) is 110 Å². The number of carbonyl (C=O) groups excluding carboxylic acids is 1. The monoisotopic (exact) mass is 1100 g/mol. The van der Waals surface area contributed by atoms with Crippen molar-refractivity contribution in [2.24, 2.45) is 0 Å². The van der Waals surface area contributed by atoms with Crippen LogP contribution in [0.2, 0.25) is 0 Å². The van der Waals surface area contributed by atoms with Crippen LogP contribution in [0.3, 0.4) is 0 Å². The Morgan fingerprint density at radius 3 is 0.866 bits per heavy atom.